The van der Waals surface area contributed by atoms with E-state index in [1.54, 1.807) is 13.0 Å². The van der Waals surface area contributed by atoms with E-state index in [0.29, 0.717) is 23.6 Å². The molecule has 0 aliphatic carbocycles. The minimum Gasteiger partial charge on any atom is -0.493 e. The van der Waals surface area contributed by atoms with Gasteiger partial charge in [-0.05, 0) is 38.9 Å². The fraction of sp³-hybridized carbons (Fsp3) is 0.526. The number of hydrogen-bond acceptors (Lipinski definition) is 4. The van der Waals surface area contributed by atoms with Crippen LogP contribution in [0.1, 0.15) is 31.4 Å². The summed E-state index contributed by atoms with van der Waals surface area (Å²) in [6, 6.07) is 2.38. The number of benzene rings is 1. The van der Waals surface area contributed by atoms with E-state index in [0.717, 1.165) is 25.9 Å². The van der Waals surface area contributed by atoms with E-state index in [9.17, 15) is 9.18 Å². The number of hydrogen-bond donors (Lipinski definition) is 1. The van der Waals surface area contributed by atoms with Gasteiger partial charge in [-0.1, -0.05) is 5.92 Å². The first kappa shape index (κ1) is 19.1. The highest BCUT2D eigenvalue weighted by Gasteiger charge is 2.26. The normalized spacial score (nSPS) is 16.8. The molecule has 0 bridgehead atoms. The SMILES string of the molecule is C#CCN1CCC(C(=O)N[C@H](C)c2cc(OC)c(OC)cc2F)CC1. The summed E-state index contributed by atoms with van der Waals surface area (Å²) in [4.78, 5) is 14.6. The van der Waals surface area contributed by atoms with E-state index in [1.807, 2.05) is 0 Å². The minimum atomic E-state index is -0.462. The third-order valence-electron chi connectivity index (χ3n) is 4.60. The van der Waals surface area contributed by atoms with Gasteiger partial charge in [-0.3, -0.25) is 9.69 Å². The standard InChI is InChI=1S/C19H25FN2O3/c1-5-8-22-9-6-14(7-10-22)19(23)21-13(2)15-11-17(24-3)18(25-4)12-16(15)20/h1,11-14H,6-10H2,2-4H3,(H,21,23)/t13-/m1/s1. The van der Waals surface area contributed by atoms with Crippen molar-refractivity contribution in [3.8, 4) is 23.8 Å². The molecule has 1 aromatic carbocycles. The van der Waals surface area contributed by atoms with E-state index in [-0.39, 0.29) is 11.8 Å². The van der Waals surface area contributed by atoms with Crippen molar-refractivity contribution in [1.29, 1.82) is 0 Å². The maximum absolute atomic E-state index is 14.3. The second-order valence-electron chi connectivity index (χ2n) is 6.21. The van der Waals surface area contributed by atoms with Gasteiger partial charge in [0.15, 0.2) is 11.5 Å². The van der Waals surface area contributed by atoms with E-state index in [1.165, 1.54) is 20.3 Å². The van der Waals surface area contributed by atoms with Crippen molar-refractivity contribution in [3.63, 3.8) is 0 Å². The predicted octanol–water partition coefficient (Wildman–Crippen LogP) is 2.37. The number of likely N-dealkylation sites (tertiary alicyclic amines) is 1. The summed E-state index contributed by atoms with van der Waals surface area (Å²) >= 11 is 0. The number of methoxy groups -OCH3 is 2. The molecular formula is C19H25FN2O3. The highest BCUT2D eigenvalue weighted by molar-refractivity contribution is 5.79. The van der Waals surface area contributed by atoms with Gasteiger partial charge in [-0.15, -0.1) is 6.42 Å². The molecule has 0 radical (unpaired) electrons. The lowest BCUT2D eigenvalue weighted by atomic mass is 9.95. The summed E-state index contributed by atoms with van der Waals surface area (Å²) in [6.45, 7) is 3.99. The molecule has 2 rings (SSSR count). The molecule has 1 aliphatic heterocycles. The number of terminal acetylenes is 1. The van der Waals surface area contributed by atoms with Gasteiger partial charge < -0.3 is 14.8 Å². The molecule has 0 spiro atoms. The van der Waals surface area contributed by atoms with E-state index in [4.69, 9.17) is 15.9 Å². The molecule has 1 aliphatic rings. The average Bonchev–Trinajstić information content (AvgIpc) is 2.62. The average molecular weight is 348 g/mol. The summed E-state index contributed by atoms with van der Waals surface area (Å²) in [7, 11) is 2.95. The van der Waals surface area contributed by atoms with Crippen molar-refractivity contribution in [2.24, 2.45) is 5.92 Å². The van der Waals surface area contributed by atoms with Crippen LogP contribution in [0.5, 0.6) is 11.5 Å². The lowest BCUT2D eigenvalue weighted by molar-refractivity contribution is -0.127. The Morgan fingerprint density at radius 2 is 1.96 bits per heavy atom. The zero-order valence-electron chi connectivity index (χ0n) is 15.0. The quantitative estimate of drug-likeness (QED) is 0.802. The van der Waals surface area contributed by atoms with Gasteiger partial charge in [-0.2, -0.15) is 0 Å². The zero-order chi connectivity index (χ0) is 18.4. The van der Waals surface area contributed by atoms with Gasteiger partial charge in [0.05, 0.1) is 26.8 Å². The minimum absolute atomic E-state index is 0.0537. The van der Waals surface area contributed by atoms with Crippen molar-refractivity contribution < 1.29 is 18.7 Å². The Labute approximate surface area is 148 Å². The second-order valence-corrected chi connectivity index (χ2v) is 6.21. The molecule has 1 aromatic rings. The van der Waals surface area contributed by atoms with Gasteiger partial charge >= 0.3 is 0 Å². The van der Waals surface area contributed by atoms with Crippen LogP contribution in [0.25, 0.3) is 0 Å². The van der Waals surface area contributed by atoms with Crippen LogP contribution >= 0.6 is 0 Å². The second kappa shape index (κ2) is 8.72. The van der Waals surface area contributed by atoms with E-state index < -0.39 is 11.9 Å². The van der Waals surface area contributed by atoms with Crippen LogP contribution in [0, 0.1) is 24.1 Å². The zero-order valence-corrected chi connectivity index (χ0v) is 15.0. The van der Waals surface area contributed by atoms with Crippen molar-refractivity contribution in [2.45, 2.75) is 25.8 Å². The molecule has 0 saturated carbocycles. The summed E-state index contributed by atoms with van der Waals surface area (Å²) < 4.78 is 24.6. The summed E-state index contributed by atoms with van der Waals surface area (Å²) in [5.74, 6) is 2.82. The molecule has 25 heavy (non-hydrogen) atoms. The maximum Gasteiger partial charge on any atom is 0.223 e. The van der Waals surface area contributed by atoms with Crippen LogP contribution in [-0.4, -0.2) is 44.7 Å². The summed E-state index contributed by atoms with van der Waals surface area (Å²) in [6.07, 6.45) is 6.83. The summed E-state index contributed by atoms with van der Waals surface area (Å²) in [5.41, 5.74) is 0.371. The third-order valence-corrected chi connectivity index (χ3v) is 4.60. The van der Waals surface area contributed by atoms with Crippen LogP contribution in [0.4, 0.5) is 4.39 Å². The fourth-order valence-electron chi connectivity index (χ4n) is 3.09. The fourth-order valence-corrected chi connectivity index (χ4v) is 3.09. The molecule has 1 N–H and O–H groups in total. The number of ether oxygens (including phenoxy) is 2. The maximum atomic E-state index is 14.3. The molecule has 1 atom stereocenters. The molecule has 0 aromatic heterocycles. The van der Waals surface area contributed by atoms with Crippen molar-refractivity contribution >= 4 is 5.91 Å². The Morgan fingerprint density at radius 1 is 1.36 bits per heavy atom. The van der Waals surface area contributed by atoms with Gasteiger partial charge in [0.1, 0.15) is 5.82 Å². The number of amides is 1. The molecule has 0 unspecified atom stereocenters. The lowest BCUT2D eigenvalue weighted by Gasteiger charge is -2.30. The highest BCUT2D eigenvalue weighted by Crippen LogP contribution is 2.32. The van der Waals surface area contributed by atoms with Crippen LogP contribution in [0.3, 0.4) is 0 Å². The Bertz CT molecular complexity index is 649. The van der Waals surface area contributed by atoms with Gasteiger partial charge in [0, 0.05) is 17.5 Å². The van der Waals surface area contributed by atoms with Crippen molar-refractivity contribution in [3.05, 3.63) is 23.5 Å². The Hall–Kier alpha value is -2.26. The predicted molar refractivity (Wildman–Crippen MR) is 94.1 cm³/mol. The molecule has 6 heteroatoms. The molecule has 1 saturated heterocycles. The Morgan fingerprint density at radius 3 is 2.52 bits per heavy atom. The van der Waals surface area contributed by atoms with E-state index >= 15 is 0 Å². The smallest absolute Gasteiger partial charge is 0.223 e. The first-order chi connectivity index (χ1) is 12.0. The number of carbonyl (C=O) groups is 1. The molecule has 1 fully saturated rings. The van der Waals surface area contributed by atoms with Crippen LogP contribution in [-0.2, 0) is 4.79 Å². The summed E-state index contributed by atoms with van der Waals surface area (Å²) in [5, 5.41) is 2.91. The first-order valence-corrected chi connectivity index (χ1v) is 8.37. The van der Waals surface area contributed by atoms with Gasteiger partial charge in [0.2, 0.25) is 5.91 Å². The van der Waals surface area contributed by atoms with Crippen LogP contribution in [0.2, 0.25) is 0 Å². The Balaban J connectivity index is 2.01. The number of nitrogens with zero attached hydrogens (tertiary/aromatic N) is 1. The topological polar surface area (TPSA) is 50.8 Å². The van der Waals surface area contributed by atoms with Crippen LogP contribution < -0.4 is 14.8 Å². The number of rotatable bonds is 6. The number of carbonyl (C=O) groups excluding carboxylic acids is 1. The van der Waals surface area contributed by atoms with Gasteiger partial charge in [-0.25, -0.2) is 4.39 Å². The number of halogens is 1. The third kappa shape index (κ3) is 4.64. The van der Waals surface area contributed by atoms with Crippen molar-refractivity contribution in [1.82, 2.24) is 10.2 Å². The molecule has 136 valence electrons. The van der Waals surface area contributed by atoms with Crippen molar-refractivity contribution in [2.75, 3.05) is 33.9 Å². The lowest BCUT2D eigenvalue weighted by Crippen LogP contribution is -2.41. The van der Waals surface area contributed by atoms with Crippen LogP contribution in [0.15, 0.2) is 12.1 Å². The largest absolute Gasteiger partial charge is 0.493 e. The van der Waals surface area contributed by atoms with Gasteiger partial charge in [0.25, 0.3) is 0 Å². The highest BCUT2D eigenvalue weighted by atomic mass is 19.1. The van der Waals surface area contributed by atoms with E-state index in [2.05, 4.69) is 16.1 Å². The monoisotopic (exact) mass is 348 g/mol. The molecule has 1 amide bonds. The number of piperidine rings is 1. The Kier molecular flexibility index (Phi) is 6.65. The number of nitrogens with one attached hydrogen (secondary N) is 1. The molecule has 1 heterocycles. The first-order valence-electron chi connectivity index (χ1n) is 8.37. The molecule has 5 nitrogen and oxygen atoms in total. The molecular weight excluding hydrogens is 323 g/mol.